The minimum Gasteiger partial charge on any atom is -0.342 e. The van der Waals surface area contributed by atoms with E-state index in [1.54, 1.807) is 34.0 Å². The standard InChI is InChI=1S/C33H56N4O5S/c1-13-14-18-24(5)43(41,42)36-29(38)23(4)21-26(22(2)3)37(12)31(40)28(32(6,7)8)35-30(39)27(34-11)33(9,10)25-19-16-15-17-20-25/h15-17,19-22,24,26-28,34H,13-14,18H2,1-12H3,(H,35,39)(H,36,38)/b23-21+/t24?,26-,27?,28?/m1/s1. The van der Waals surface area contributed by atoms with Crippen molar-refractivity contribution in [3.05, 3.63) is 47.5 Å². The van der Waals surface area contributed by atoms with E-state index in [0.29, 0.717) is 6.42 Å². The number of rotatable bonds is 15. The Labute approximate surface area is 260 Å². The van der Waals surface area contributed by atoms with E-state index in [0.717, 1.165) is 18.4 Å². The van der Waals surface area contributed by atoms with Crippen molar-refractivity contribution in [2.75, 3.05) is 14.1 Å². The van der Waals surface area contributed by atoms with E-state index in [-0.39, 0.29) is 23.3 Å². The maximum Gasteiger partial charge on any atom is 0.260 e. The van der Waals surface area contributed by atoms with Crippen molar-refractivity contribution in [3.8, 4) is 0 Å². The minimum atomic E-state index is -3.83. The molecule has 4 atom stereocenters. The van der Waals surface area contributed by atoms with Crippen molar-refractivity contribution >= 4 is 27.7 Å². The molecule has 0 radical (unpaired) electrons. The van der Waals surface area contributed by atoms with Crippen LogP contribution in [0.15, 0.2) is 42.0 Å². The van der Waals surface area contributed by atoms with Crippen LogP contribution in [0.5, 0.6) is 0 Å². The van der Waals surface area contributed by atoms with E-state index in [2.05, 4.69) is 15.4 Å². The summed E-state index contributed by atoms with van der Waals surface area (Å²) in [6.45, 7) is 18.6. The van der Waals surface area contributed by atoms with Crippen molar-refractivity contribution in [1.29, 1.82) is 0 Å². The van der Waals surface area contributed by atoms with Gasteiger partial charge in [0.05, 0.1) is 17.3 Å². The van der Waals surface area contributed by atoms with Crippen LogP contribution in [0.3, 0.4) is 0 Å². The lowest BCUT2D eigenvalue weighted by Gasteiger charge is -2.40. The van der Waals surface area contributed by atoms with Crippen LogP contribution in [-0.2, 0) is 29.8 Å². The third-order valence-corrected chi connectivity index (χ3v) is 9.94. The SMILES string of the molecule is CCCCC(C)S(=O)(=O)NC(=O)/C(C)=C/[C@H](C(C)C)N(C)C(=O)C(NC(=O)C(NC)C(C)(C)c1ccccc1)C(C)(C)C. The van der Waals surface area contributed by atoms with Gasteiger partial charge in [0.2, 0.25) is 21.8 Å². The fourth-order valence-corrected chi connectivity index (χ4v) is 6.22. The molecule has 0 fully saturated rings. The second-order valence-electron chi connectivity index (χ2n) is 13.6. The molecular formula is C33H56N4O5S. The maximum atomic E-state index is 14.0. The van der Waals surface area contributed by atoms with Gasteiger partial charge in [0.25, 0.3) is 5.91 Å². The molecule has 3 N–H and O–H groups in total. The van der Waals surface area contributed by atoms with Gasteiger partial charge >= 0.3 is 0 Å². The molecule has 9 nitrogen and oxygen atoms in total. The van der Waals surface area contributed by atoms with Crippen LogP contribution >= 0.6 is 0 Å². The lowest BCUT2D eigenvalue weighted by Crippen LogP contribution is -2.61. The summed E-state index contributed by atoms with van der Waals surface area (Å²) in [6.07, 6.45) is 3.70. The lowest BCUT2D eigenvalue weighted by atomic mass is 9.76. The van der Waals surface area contributed by atoms with Crippen molar-refractivity contribution < 1.29 is 22.8 Å². The quantitative estimate of drug-likeness (QED) is 0.248. The van der Waals surface area contributed by atoms with Gasteiger partial charge < -0.3 is 15.5 Å². The Balaban J connectivity index is 3.28. The topological polar surface area (TPSA) is 125 Å². The molecule has 1 rings (SSSR count). The van der Waals surface area contributed by atoms with Gasteiger partial charge in [0, 0.05) is 18.0 Å². The van der Waals surface area contributed by atoms with E-state index >= 15 is 0 Å². The van der Waals surface area contributed by atoms with Gasteiger partial charge in [0.15, 0.2) is 0 Å². The van der Waals surface area contributed by atoms with Gasteiger partial charge in [-0.2, -0.15) is 0 Å². The van der Waals surface area contributed by atoms with Crippen molar-refractivity contribution in [1.82, 2.24) is 20.3 Å². The van der Waals surface area contributed by atoms with Gasteiger partial charge in [-0.1, -0.05) is 105 Å². The number of unbranched alkanes of at least 4 members (excludes halogenated alkanes) is 1. The summed E-state index contributed by atoms with van der Waals surface area (Å²) in [5.41, 5.74) is -0.0163. The summed E-state index contributed by atoms with van der Waals surface area (Å²) < 4.78 is 27.6. The van der Waals surface area contributed by atoms with Crippen LogP contribution in [0.2, 0.25) is 0 Å². The van der Waals surface area contributed by atoms with Crippen LogP contribution in [0.1, 0.15) is 94.1 Å². The molecule has 1 aromatic carbocycles. The van der Waals surface area contributed by atoms with Crippen molar-refractivity contribution in [2.45, 2.75) is 117 Å². The zero-order valence-corrected chi connectivity index (χ0v) is 29.2. The third kappa shape index (κ3) is 10.4. The number of nitrogens with one attached hydrogen (secondary N) is 3. The normalized spacial score (nSPS) is 15.8. The van der Waals surface area contributed by atoms with Crippen LogP contribution in [0.25, 0.3) is 0 Å². The summed E-state index contributed by atoms with van der Waals surface area (Å²) in [5, 5.41) is 5.47. The fraction of sp³-hybridized carbons (Fsp3) is 0.667. The van der Waals surface area contributed by atoms with Crippen LogP contribution in [0, 0.1) is 11.3 Å². The Morgan fingerprint density at radius 2 is 1.53 bits per heavy atom. The molecular weight excluding hydrogens is 564 g/mol. The van der Waals surface area contributed by atoms with Gasteiger partial charge in [-0.25, -0.2) is 13.1 Å². The number of sulfonamides is 1. The van der Waals surface area contributed by atoms with E-state index < -0.39 is 50.1 Å². The number of benzene rings is 1. The Bertz CT molecular complexity index is 1220. The monoisotopic (exact) mass is 620 g/mol. The summed E-state index contributed by atoms with van der Waals surface area (Å²) in [6, 6.07) is 7.74. The highest BCUT2D eigenvalue weighted by Crippen LogP contribution is 2.29. The molecule has 0 aliphatic rings. The van der Waals surface area contributed by atoms with E-state index in [4.69, 9.17) is 0 Å². The lowest BCUT2D eigenvalue weighted by molar-refractivity contribution is -0.140. The number of hydrogen-bond acceptors (Lipinski definition) is 6. The average Bonchev–Trinajstić information content (AvgIpc) is 2.91. The summed E-state index contributed by atoms with van der Waals surface area (Å²) in [4.78, 5) is 42.2. The molecule has 3 unspecified atom stereocenters. The van der Waals surface area contributed by atoms with E-state index in [9.17, 15) is 22.8 Å². The second-order valence-corrected chi connectivity index (χ2v) is 15.7. The molecule has 0 spiro atoms. The molecule has 1 aromatic rings. The molecule has 0 saturated heterocycles. The Morgan fingerprint density at radius 1 is 0.977 bits per heavy atom. The van der Waals surface area contributed by atoms with E-state index in [1.807, 2.05) is 85.7 Å². The van der Waals surface area contributed by atoms with Gasteiger partial charge in [-0.05, 0) is 44.2 Å². The van der Waals surface area contributed by atoms with Crippen molar-refractivity contribution in [3.63, 3.8) is 0 Å². The molecule has 0 saturated carbocycles. The zero-order valence-electron chi connectivity index (χ0n) is 28.4. The minimum absolute atomic E-state index is 0.102. The molecule has 0 aromatic heterocycles. The number of carbonyl (C=O) groups is 3. The van der Waals surface area contributed by atoms with Crippen molar-refractivity contribution in [2.24, 2.45) is 11.3 Å². The largest absolute Gasteiger partial charge is 0.342 e. The summed E-state index contributed by atoms with van der Waals surface area (Å²) >= 11 is 0. The number of nitrogens with zero attached hydrogens (tertiary/aromatic N) is 1. The van der Waals surface area contributed by atoms with Crippen LogP contribution in [0.4, 0.5) is 0 Å². The highest BCUT2D eigenvalue weighted by atomic mass is 32.2. The summed E-state index contributed by atoms with van der Waals surface area (Å²) in [7, 11) is -0.458. The molecule has 0 aliphatic carbocycles. The third-order valence-electron chi connectivity index (χ3n) is 8.18. The van der Waals surface area contributed by atoms with Crippen LogP contribution < -0.4 is 15.4 Å². The number of hydrogen-bond donors (Lipinski definition) is 3. The summed E-state index contributed by atoms with van der Waals surface area (Å²) in [5.74, 6) is -1.42. The number of amides is 3. The fourth-order valence-electron chi connectivity index (χ4n) is 5.12. The molecule has 3 amide bonds. The number of likely N-dealkylation sites (N-methyl/N-ethyl adjacent to an activating group) is 2. The first kappa shape index (κ1) is 38.3. The second kappa shape index (κ2) is 15.8. The predicted molar refractivity (Wildman–Crippen MR) is 175 cm³/mol. The molecule has 0 heterocycles. The van der Waals surface area contributed by atoms with E-state index in [1.165, 1.54) is 4.90 Å². The molecule has 10 heteroatoms. The first-order valence-corrected chi connectivity index (χ1v) is 16.8. The van der Waals surface area contributed by atoms with Gasteiger partial charge in [0.1, 0.15) is 6.04 Å². The number of carbonyl (C=O) groups excluding carboxylic acids is 3. The van der Waals surface area contributed by atoms with Gasteiger partial charge in [-0.3, -0.25) is 14.4 Å². The molecule has 43 heavy (non-hydrogen) atoms. The Hall–Kier alpha value is -2.72. The molecule has 0 bridgehead atoms. The molecule has 0 aliphatic heterocycles. The molecule has 244 valence electrons. The average molecular weight is 621 g/mol. The first-order chi connectivity index (χ1) is 19.7. The maximum absolute atomic E-state index is 14.0. The Morgan fingerprint density at radius 3 is 2.00 bits per heavy atom. The first-order valence-electron chi connectivity index (χ1n) is 15.3. The highest BCUT2D eigenvalue weighted by molar-refractivity contribution is 7.90. The van der Waals surface area contributed by atoms with Crippen LogP contribution in [-0.4, -0.2) is 68.5 Å². The Kier molecular flexibility index (Phi) is 14.1. The van der Waals surface area contributed by atoms with Gasteiger partial charge in [-0.15, -0.1) is 0 Å². The predicted octanol–water partition coefficient (Wildman–Crippen LogP) is 4.54. The smallest absolute Gasteiger partial charge is 0.260 e. The highest BCUT2D eigenvalue weighted by Gasteiger charge is 2.41. The zero-order chi connectivity index (χ0) is 33.3.